The fourth-order valence-corrected chi connectivity index (χ4v) is 4.41. The van der Waals surface area contributed by atoms with Crippen LogP contribution in [-0.4, -0.2) is 118 Å². The zero-order valence-corrected chi connectivity index (χ0v) is 24.9. The first kappa shape index (κ1) is 43.5. The smallest absolute Gasteiger partial charge is 0.463 e. The van der Waals surface area contributed by atoms with Crippen LogP contribution < -0.4 is 0 Å². The number of rotatable bonds is 22. The summed E-state index contributed by atoms with van der Waals surface area (Å²) in [6.07, 6.45) is -34.8. The number of carbonyl (C=O) groups excluding carboxylic acids is 3. The lowest BCUT2D eigenvalue weighted by Gasteiger charge is -2.29. The number of hydrogen-bond donors (Lipinski definition) is 0. The van der Waals surface area contributed by atoms with Crippen molar-refractivity contribution in [1.82, 2.24) is 0 Å². The van der Waals surface area contributed by atoms with Crippen LogP contribution in [0.3, 0.4) is 0 Å². The Bertz CT molecular complexity index is 953. The Hall–Kier alpha value is -2.45. The molecule has 0 aromatic heterocycles. The van der Waals surface area contributed by atoms with Crippen LogP contribution in [-0.2, 0) is 56.1 Å². The maximum absolute atomic E-state index is 13.3. The number of hydrogen-bond acceptors (Lipinski definition) is 12. The first-order valence-corrected chi connectivity index (χ1v) is 14.2. The maximum atomic E-state index is 13.3. The van der Waals surface area contributed by atoms with Crippen molar-refractivity contribution in [2.24, 2.45) is 0 Å². The molecule has 12 nitrogen and oxygen atoms in total. The van der Waals surface area contributed by atoms with Gasteiger partial charge in [0.05, 0.1) is 26.1 Å². The lowest BCUT2D eigenvalue weighted by Crippen LogP contribution is -2.53. The molecule has 0 aromatic rings. The summed E-state index contributed by atoms with van der Waals surface area (Å²) in [6, 6.07) is 0.227. The summed E-state index contributed by atoms with van der Waals surface area (Å²) >= 11 is 0. The van der Waals surface area contributed by atoms with E-state index in [-0.39, 0.29) is 19.1 Å². The minimum Gasteiger partial charge on any atom is -0.463 e. The molecule has 0 aliphatic carbocycles. The summed E-state index contributed by atoms with van der Waals surface area (Å²) in [5.74, 6) is -5.33. The summed E-state index contributed by atoms with van der Waals surface area (Å²) in [6.45, 7) is -4.79. The molecule has 46 heavy (non-hydrogen) atoms. The van der Waals surface area contributed by atoms with Gasteiger partial charge in [0.25, 0.3) is 0 Å². The lowest BCUT2D eigenvalue weighted by molar-refractivity contribution is -0.516. The van der Waals surface area contributed by atoms with Crippen LogP contribution in [0, 0.1) is 0 Å². The van der Waals surface area contributed by atoms with E-state index in [1.165, 1.54) is 21.3 Å². The molecule has 272 valence electrons. The number of carbonyl (C=O) groups is 3. The van der Waals surface area contributed by atoms with Gasteiger partial charge < -0.3 is 37.0 Å². The summed E-state index contributed by atoms with van der Waals surface area (Å²) in [4.78, 5) is 34.6. The predicted molar refractivity (Wildman–Crippen MR) is 122 cm³/mol. The molecular formula is C21H28F12O12Si. The largest absolute Gasteiger partial charge is 0.500 e. The highest BCUT2D eigenvalue weighted by Gasteiger charge is 2.71. The quantitative estimate of drug-likeness (QED) is 0.0525. The van der Waals surface area contributed by atoms with E-state index in [9.17, 15) is 67.1 Å². The van der Waals surface area contributed by atoms with Crippen molar-refractivity contribution in [3.63, 3.8) is 0 Å². The molecule has 1 unspecified atom stereocenters. The third-order valence-corrected chi connectivity index (χ3v) is 7.86. The second-order valence-corrected chi connectivity index (χ2v) is 11.5. The van der Waals surface area contributed by atoms with Gasteiger partial charge in [-0.1, -0.05) is 0 Å². The summed E-state index contributed by atoms with van der Waals surface area (Å²) in [7, 11) is 1.01. The molecular weight excluding hydrogens is 700 g/mol. The van der Waals surface area contributed by atoms with Crippen molar-refractivity contribution in [1.29, 1.82) is 0 Å². The van der Waals surface area contributed by atoms with Crippen LogP contribution in [0.1, 0.15) is 19.3 Å². The first-order chi connectivity index (χ1) is 20.9. The molecule has 0 N–H and O–H groups in total. The molecule has 0 heterocycles. The average molecular weight is 729 g/mol. The molecule has 0 aromatic carbocycles. The van der Waals surface area contributed by atoms with E-state index in [2.05, 4.69) is 18.9 Å². The predicted octanol–water partition coefficient (Wildman–Crippen LogP) is 3.99. The molecule has 0 aliphatic rings. The molecule has 0 bridgehead atoms. The van der Waals surface area contributed by atoms with Crippen molar-refractivity contribution in [2.75, 3.05) is 54.4 Å². The van der Waals surface area contributed by atoms with Crippen LogP contribution in [0.25, 0.3) is 0 Å². The number of esters is 3. The topological polar surface area (TPSA) is 134 Å². The van der Waals surface area contributed by atoms with E-state index in [4.69, 9.17) is 18.0 Å². The molecule has 0 saturated heterocycles. The normalized spacial score (nSPS) is 14.2. The molecule has 25 heteroatoms. The Kier molecular flexibility index (Phi) is 17.2. The Morgan fingerprint density at radius 2 is 1.17 bits per heavy atom. The second-order valence-electron chi connectivity index (χ2n) is 8.40. The number of ether oxygens (including phenoxy) is 6. The lowest BCUT2D eigenvalue weighted by atomic mass is 10.3. The van der Waals surface area contributed by atoms with Gasteiger partial charge in [0, 0.05) is 34.0 Å². The number of halogens is 12. The van der Waals surface area contributed by atoms with E-state index in [1.807, 2.05) is 4.74 Å². The van der Waals surface area contributed by atoms with E-state index in [1.54, 1.807) is 0 Å². The molecule has 0 saturated carbocycles. The van der Waals surface area contributed by atoms with Gasteiger partial charge in [0.15, 0.2) is 6.10 Å². The van der Waals surface area contributed by atoms with Gasteiger partial charge in [-0.2, -0.15) is 52.7 Å². The average Bonchev–Trinajstić information content (AvgIpc) is 2.93. The number of alkyl halides is 12. The SMILES string of the molecule is CO[Si](CCCOCC(COC(=O)CCC(=O)OCCOC(F)(F)C(F)(F)OC(F)(F)C(F)(F)F)OC(=O)C(F)(F)F)(OC)OC. The minimum absolute atomic E-state index is 0.120. The summed E-state index contributed by atoms with van der Waals surface area (Å²) < 4.78 is 190. The van der Waals surface area contributed by atoms with Crippen LogP contribution >= 0.6 is 0 Å². The zero-order valence-electron chi connectivity index (χ0n) is 23.9. The van der Waals surface area contributed by atoms with Crippen LogP contribution in [0.2, 0.25) is 6.04 Å². The van der Waals surface area contributed by atoms with Crippen LogP contribution in [0.5, 0.6) is 0 Å². The first-order valence-electron chi connectivity index (χ1n) is 12.2. The summed E-state index contributed by atoms with van der Waals surface area (Å²) in [5.41, 5.74) is 0. The van der Waals surface area contributed by atoms with Crippen LogP contribution in [0.15, 0.2) is 0 Å². The Labute approximate surface area is 252 Å². The monoisotopic (exact) mass is 728 g/mol. The van der Waals surface area contributed by atoms with Gasteiger partial charge in [0.1, 0.15) is 13.2 Å². The Balaban J connectivity index is 4.74. The van der Waals surface area contributed by atoms with E-state index < -0.39 is 103 Å². The molecule has 1 atom stereocenters. The van der Waals surface area contributed by atoms with E-state index >= 15 is 0 Å². The highest BCUT2D eigenvalue weighted by Crippen LogP contribution is 2.45. The fraction of sp³-hybridized carbons (Fsp3) is 0.857. The Morgan fingerprint density at radius 3 is 1.65 bits per heavy atom. The van der Waals surface area contributed by atoms with Crippen molar-refractivity contribution in [3.8, 4) is 0 Å². The van der Waals surface area contributed by atoms with Crippen molar-refractivity contribution in [3.05, 3.63) is 0 Å². The Morgan fingerprint density at radius 1 is 0.652 bits per heavy atom. The third kappa shape index (κ3) is 15.0. The van der Waals surface area contributed by atoms with Gasteiger partial charge in [-0.25, -0.2) is 9.53 Å². The summed E-state index contributed by atoms with van der Waals surface area (Å²) in [5, 5.41) is 0. The van der Waals surface area contributed by atoms with Crippen molar-refractivity contribution >= 4 is 26.7 Å². The molecule has 0 rings (SSSR count). The zero-order chi connectivity index (χ0) is 36.0. The van der Waals surface area contributed by atoms with Crippen molar-refractivity contribution < 1.29 is 109 Å². The van der Waals surface area contributed by atoms with E-state index in [0.717, 1.165) is 0 Å². The fourth-order valence-electron chi connectivity index (χ4n) is 2.72. The molecule has 0 spiro atoms. The van der Waals surface area contributed by atoms with Gasteiger partial charge in [-0.05, 0) is 6.42 Å². The molecule has 0 aliphatic heterocycles. The minimum atomic E-state index is -6.78. The van der Waals surface area contributed by atoms with Gasteiger partial charge in [-0.3, -0.25) is 9.59 Å². The molecule has 0 amide bonds. The maximum Gasteiger partial charge on any atom is 0.500 e. The van der Waals surface area contributed by atoms with Gasteiger partial charge in [-0.15, -0.1) is 0 Å². The van der Waals surface area contributed by atoms with Crippen molar-refractivity contribution in [2.45, 2.75) is 62.1 Å². The highest BCUT2D eigenvalue weighted by atomic mass is 28.4. The van der Waals surface area contributed by atoms with E-state index in [0.29, 0.717) is 0 Å². The second kappa shape index (κ2) is 18.2. The molecule has 0 radical (unpaired) electrons. The van der Waals surface area contributed by atoms with Crippen LogP contribution in [0.4, 0.5) is 52.7 Å². The highest BCUT2D eigenvalue weighted by molar-refractivity contribution is 6.60. The van der Waals surface area contributed by atoms with Gasteiger partial charge in [0.2, 0.25) is 0 Å². The standard InChI is InChI=1S/C21H28F12O12Si/c1-37-46(38-2,39-3)10-4-7-40-11-13(44-16(36)17(22,23)24)12-42-15(35)6-5-14(34)41-8-9-43-20(30,31)21(32,33)45-19(28,29)18(25,26)27/h13H,4-12H2,1-3H3. The van der Waals surface area contributed by atoms with Gasteiger partial charge >= 0.3 is 57.4 Å². The molecule has 0 fully saturated rings. The third-order valence-electron chi connectivity index (χ3n) is 5.03.